The maximum atomic E-state index is 12.8. The van der Waals surface area contributed by atoms with Crippen LogP contribution in [0.5, 0.6) is 0 Å². The number of carbonyl (C=O) groups excluding carboxylic acids is 2. The van der Waals surface area contributed by atoms with Crippen molar-refractivity contribution in [3.8, 4) is 0 Å². The van der Waals surface area contributed by atoms with E-state index >= 15 is 0 Å². The second kappa shape index (κ2) is 6.98. The summed E-state index contributed by atoms with van der Waals surface area (Å²) >= 11 is 6.17. The van der Waals surface area contributed by atoms with E-state index in [0.29, 0.717) is 5.69 Å². The Balaban J connectivity index is 1.99. The van der Waals surface area contributed by atoms with Crippen molar-refractivity contribution < 1.29 is 18.0 Å². The van der Waals surface area contributed by atoms with Crippen LogP contribution < -0.4 is 9.62 Å². The van der Waals surface area contributed by atoms with Gasteiger partial charge >= 0.3 is 0 Å². The van der Waals surface area contributed by atoms with Gasteiger partial charge in [0.25, 0.3) is 5.91 Å². The van der Waals surface area contributed by atoms with E-state index in [4.69, 9.17) is 11.6 Å². The minimum atomic E-state index is -3.76. The number of rotatable bonds is 3. The van der Waals surface area contributed by atoms with Crippen LogP contribution in [0.4, 0.5) is 11.4 Å². The normalized spacial score (nSPS) is 18.6. The molecule has 0 bridgehead atoms. The second-order valence-corrected chi connectivity index (χ2v) is 8.94. The third-order valence-electron chi connectivity index (χ3n) is 4.51. The Kier molecular flexibility index (Phi) is 5.01. The van der Waals surface area contributed by atoms with E-state index in [9.17, 15) is 18.0 Å². The molecule has 0 saturated carbocycles. The molecule has 1 fully saturated rings. The highest BCUT2D eigenvalue weighted by Gasteiger charge is 2.42. The molecular formula is C19H19ClN2O4S. The Hall–Kier alpha value is -2.38. The van der Waals surface area contributed by atoms with Crippen LogP contribution in [0.1, 0.15) is 28.4 Å². The van der Waals surface area contributed by atoms with Crippen LogP contribution in [0.2, 0.25) is 5.02 Å². The average Bonchev–Trinajstić information content (AvgIpc) is 2.79. The quantitative estimate of drug-likeness (QED) is 0.845. The van der Waals surface area contributed by atoms with Crippen molar-refractivity contribution in [2.75, 3.05) is 15.4 Å². The van der Waals surface area contributed by atoms with Gasteiger partial charge in [-0.2, -0.15) is 0 Å². The Morgan fingerprint density at radius 2 is 1.81 bits per heavy atom. The molecule has 0 aliphatic carbocycles. The molecule has 8 heteroatoms. The number of carbonyl (C=O) groups is 2. The van der Waals surface area contributed by atoms with E-state index in [-0.39, 0.29) is 22.0 Å². The third-order valence-corrected chi connectivity index (χ3v) is 6.71. The summed E-state index contributed by atoms with van der Waals surface area (Å²) in [5, 5.41) is 2.98. The van der Waals surface area contributed by atoms with Crippen molar-refractivity contribution in [3.63, 3.8) is 0 Å². The van der Waals surface area contributed by atoms with Gasteiger partial charge in [-0.15, -0.1) is 0 Å². The number of aryl methyl sites for hydroxylation is 2. The van der Waals surface area contributed by atoms with E-state index in [2.05, 4.69) is 5.32 Å². The van der Waals surface area contributed by atoms with E-state index in [1.807, 2.05) is 32.0 Å². The molecule has 2 amide bonds. The van der Waals surface area contributed by atoms with Gasteiger partial charge in [0.15, 0.2) is 0 Å². The average molecular weight is 407 g/mol. The fraction of sp³-hybridized carbons (Fsp3) is 0.263. The lowest BCUT2D eigenvalue weighted by molar-refractivity contribution is -0.119. The summed E-state index contributed by atoms with van der Waals surface area (Å²) in [5.41, 5.74) is 2.66. The standard InChI is InChI=1S/C19H19ClN2O4S/c1-11-5-4-6-12(2)17(11)21-18(23)15-9-14(7-8-16(15)20)22-19(24)13(3)10-27(22,25)26/h4-9,13H,10H2,1-3H3,(H,21,23). The van der Waals surface area contributed by atoms with Crippen molar-refractivity contribution in [3.05, 3.63) is 58.1 Å². The molecule has 2 aromatic rings. The summed E-state index contributed by atoms with van der Waals surface area (Å²) in [6.45, 7) is 5.30. The second-order valence-electron chi connectivity index (χ2n) is 6.67. The lowest BCUT2D eigenvalue weighted by Gasteiger charge is -2.17. The molecule has 1 N–H and O–H groups in total. The van der Waals surface area contributed by atoms with Crippen LogP contribution in [0.25, 0.3) is 0 Å². The van der Waals surface area contributed by atoms with E-state index in [0.717, 1.165) is 15.4 Å². The number of anilines is 2. The maximum Gasteiger partial charge on any atom is 0.257 e. The monoisotopic (exact) mass is 406 g/mol. The lowest BCUT2D eigenvalue weighted by atomic mass is 10.1. The van der Waals surface area contributed by atoms with Gasteiger partial charge in [0.05, 0.1) is 27.9 Å². The smallest absolute Gasteiger partial charge is 0.257 e. The minimum absolute atomic E-state index is 0.0966. The molecule has 0 aromatic heterocycles. The minimum Gasteiger partial charge on any atom is -0.321 e. The van der Waals surface area contributed by atoms with Gasteiger partial charge in [0.1, 0.15) is 0 Å². The first-order valence-corrected chi connectivity index (χ1v) is 10.3. The summed E-state index contributed by atoms with van der Waals surface area (Å²) in [6, 6.07) is 9.81. The zero-order valence-electron chi connectivity index (χ0n) is 15.1. The van der Waals surface area contributed by atoms with Crippen LogP contribution in [-0.4, -0.2) is 26.0 Å². The number of hydrogen-bond donors (Lipinski definition) is 1. The fourth-order valence-electron chi connectivity index (χ4n) is 3.09. The van der Waals surface area contributed by atoms with Crippen LogP contribution in [-0.2, 0) is 14.8 Å². The van der Waals surface area contributed by atoms with Gasteiger partial charge < -0.3 is 5.32 Å². The van der Waals surface area contributed by atoms with Crippen molar-refractivity contribution >= 4 is 44.8 Å². The molecule has 1 unspecified atom stereocenters. The number of benzene rings is 2. The highest BCUT2D eigenvalue weighted by Crippen LogP contribution is 2.31. The summed E-state index contributed by atoms with van der Waals surface area (Å²) in [5.74, 6) is -1.87. The van der Waals surface area contributed by atoms with Crippen LogP contribution in [0.3, 0.4) is 0 Å². The summed E-state index contributed by atoms with van der Waals surface area (Å²) in [6.07, 6.45) is 0. The van der Waals surface area contributed by atoms with Crippen molar-refractivity contribution in [1.82, 2.24) is 0 Å². The molecule has 1 heterocycles. The molecule has 0 radical (unpaired) electrons. The summed E-state index contributed by atoms with van der Waals surface area (Å²) < 4.78 is 25.4. The largest absolute Gasteiger partial charge is 0.321 e. The van der Waals surface area contributed by atoms with Crippen LogP contribution >= 0.6 is 11.6 Å². The van der Waals surface area contributed by atoms with E-state index in [1.54, 1.807) is 6.92 Å². The zero-order valence-corrected chi connectivity index (χ0v) is 16.7. The molecule has 142 valence electrons. The Labute approximate surface area is 163 Å². The predicted octanol–water partition coefficient (Wildman–Crippen LogP) is 3.52. The lowest BCUT2D eigenvalue weighted by Crippen LogP contribution is -2.30. The van der Waals surface area contributed by atoms with Gasteiger partial charge in [-0.1, -0.05) is 36.7 Å². The van der Waals surface area contributed by atoms with E-state index < -0.39 is 27.8 Å². The molecule has 1 saturated heterocycles. The van der Waals surface area contributed by atoms with Crippen LogP contribution in [0, 0.1) is 19.8 Å². The molecular weight excluding hydrogens is 388 g/mol. The fourth-order valence-corrected chi connectivity index (χ4v) is 5.11. The van der Waals surface area contributed by atoms with Gasteiger partial charge in [-0.25, -0.2) is 12.7 Å². The molecule has 6 nitrogen and oxygen atoms in total. The van der Waals surface area contributed by atoms with Gasteiger partial charge in [0.2, 0.25) is 15.9 Å². The molecule has 1 aliphatic heterocycles. The number of nitrogens with zero attached hydrogens (tertiary/aromatic N) is 1. The Morgan fingerprint density at radius 1 is 1.19 bits per heavy atom. The highest BCUT2D eigenvalue weighted by atomic mass is 35.5. The summed E-state index contributed by atoms with van der Waals surface area (Å²) in [7, 11) is -3.76. The molecule has 27 heavy (non-hydrogen) atoms. The van der Waals surface area contributed by atoms with Crippen LogP contribution in [0.15, 0.2) is 36.4 Å². The number of sulfonamides is 1. The van der Waals surface area contributed by atoms with Gasteiger partial charge in [-0.3, -0.25) is 9.59 Å². The van der Waals surface area contributed by atoms with Crippen molar-refractivity contribution in [2.24, 2.45) is 5.92 Å². The number of halogens is 1. The molecule has 1 aliphatic rings. The first-order chi connectivity index (χ1) is 12.6. The zero-order chi connectivity index (χ0) is 19.9. The topological polar surface area (TPSA) is 83.6 Å². The number of para-hydroxylation sites is 1. The van der Waals surface area contributed by atoms with Crippen molar-refractivity contribution in [2.45, 2.75) is 20.8 Å². The Morgan fingerprint density at radius 3 is 2.37 bits per heavy atom. The third kappa shape index (κ3) is 3.57. The highest BCUT2D eigenvalue weighted by molar-refractivity contribution is 7.94. The van der Waals surface area contributed by atoms with Crippen molar-refractivity contribution in [1.29, 1.82) is 0 Å². The molecule has 0 spiro atoms. The first kappa shape index (κ1) is 19.4. The molecule has 1 atom stereocenters. The maximum absolute atomic E-state index is 12.8. The van der Waals surface area contributed by atoms with Gasteiger partial charge in [-0.05, 0) is 43.2 Å². The predicted molar refractivity (Wildman–Crippen MR) is 106 cm³/mol. The first-order valence-electron chi connectivity index (χ1n) is 8.36. The SMILES string of the molecule is Cc1cccc(C)c1NC(=O)c1cc(N2C(=O)C(C)CS2(=O)=O)ccc1Cl. The Bertz CT molecular complexity index is 1030. The molecule has 3 rings (SSSR count). The van der Waals surface area contributed by atoms with E-state index in [1.165, 1.54) is 18.2 Å². The number of hydrogen-bond acceptors (Lipinski definition) is 4. The summed E-state index contributed by atoms with van der Waals surface area (Å²) in [4.78, 5) is 25.0. The molecule has 2 aromatic carbocycles. The number of nitrogens with one attached hydrogen (secondary N) is 1. The number of amides is 2. The van der Waals surface area contributed by atoms with Gasteiger partial charge in [0, 0.05) is 5.69 Å².